The first kappa shape index (κ1) is 19.5. The van der Waals surface area contributed by atoms with Crippen LogP contribution in [0.15, 0.2) is 63.2 Å². The molecule has 0 radical (unpaired) electrons. The molecule has 2 heterocycles. The number of hydrogen-bond donors (Lipinski definition) is 1. The van der Waals surface area contributed by atoms with Crippen molar-refractivity contribution in [3.8, 4) is 17.2 Å². The van der Waals surface area contributed by atoms with Gasteiger partial charge in [-0.2, -0.15) is 0 Å². The van der Waals surface area contributed by atoms with E-state index < -0.39 is 0 Å². The van der Waals surface area contributed by atoms with Crippen LogP contribution in [0.5, 0.6) is 5.75 Å². The summed E-state index contributed by atoms with van der Waals surface area (Å²) < 4.78 is 24.0. The highest BCUT2D eigenvalue weighted by Gasteiger charge is 2.12. The minimum absolute atomic E-state index is 0.116. The summed E-state index contributed by atoms with van der Waals surface area (Å²) in [6.07, 6.45) is 0.335. The number of nitrogens with zero attached hydrogens (tertiary/aromatic N) is 1. The summed E-state index contributed by atoms with van der Waals surface area (Å²) in [6, 6.07) is 13.7. The van der Waals surface area contributed by atoms with Gasteiger partial charge in [0.25, 0.3) is 0 Å². The van der Waals surface area contributed by atoms with Crippen LogP contribution in [0, 0.1) is 5.82 Å². The molecule has 4 rings (SSSR count). The van der Waals surface area contributed by atoms with Crippen molar-refractivity contribution in [2.45, 2.75) is 11.3 Å². The molecule has 0 atom stereocenters. The van der Waals surface area contributed by atoms with Crippen molar-refractivity contribution in [3.05, 3.63) is 59.7 Å². The first-order valence-corrected chi connectivity index (χ1v) is 10.7. The van der Waals surface area contributed by atoms with Crippen LogP contribution in [0.4, 0.5) is 9.52 Å². The Balaban J connectivity index is 1.35. The number of methoxy groups -OCH3 is 1. The van der Waals surface area contributed by atoms with Crippen LogP contribution >= 0.6 is 23.1 Å². The summed E-state index contributed by atoms with van der Waals surface area (Å²) in [4.78, 5) is 17.5. The molecule has 0 aliphatic carbocycles. The Morgan fingerprint density at radius 2 is 2.07 bits per heavy atom. The number of carbonyl (C=O) groups is 1. The van der Waals surface area contributed by atoms with E-state index in [1.807, 2.05) is 29.6 Å². The Morgan fingerprint density at radius 1 is 1.24 bits per heavy atom. The van der Waals surface area contributed by atoms with E-state index >= 15 is 0 Å². The van der Waals surface area contributed by atoms with Crippen molar-refractivity contribution in [1.82, 2.24) is 4.98 Å². The van der Waals surface area contributed by atoms with Gasteiger partial charge in [0.1, 0.15) is 22.8 Å². The van der Waals surface area contributed by atoms with E-state index in [1.165, 1.54) is 35.2 Å². The van der Waals surface area contributed by atoms with Gasteiger partial charge in [0.2, 0.25) is 5.91 Å². The fraction of sp³-hybridized carbons (Fsp3) is 0.143. The highest BCUT2D eigenvalue weighted by molar-refractivity contribution is 7.99. The molecule has 0 fully saturated rings. The maximum absolute atomic E-state index is 12.9. The number of thiazole rings is 1. The quantitative estimate of drug-likeness (QED) is 0.376. The maximum atomic E-state index is 12.9. The van der Waals surface area contributed by atoms with Gasteiger partial charge in [0.05, 0.1) is 7.11 Å². The highest BCUT2D eigenvalue weighted by atomic mass is 32.2. The molecule has 4 aromatic rings. The lowest BCUT2D eigenvalue weighted by Gasteiger charge is -2.02. The summed E-state index contributed by atoms with van der Waals surface area (Å²) in [6.45, 7) is 0. The number of halogens is 1. The molecule has 5 nitrogen and oxygen atoms in total. The molecule has 2 aromatic heterocycles. The van der Waals surface area contributed by atoms with Gasteiger partial charge in [-0.05, 0) is 48.5 Å². The summed E-state index contributed by atoms with van der Waals surface area (Å²) >= 11 is 2.85. The minimum atomic E-state index is -0.268. The first-order chi connectivity index (χ1) is 14.1. The zero-order valence-corrected chi connectivity index (χ0v) is 17.1. The highest BCUT2D eigenvalue weighted by Crippen LogP contribution is 2.32. The Labute approximate surface area is 174 Å². The third kappa shape index (κ3) is 4.78. The summed E-state index contributed by atoms with van der Waals surface area (Å²) in [5.41, 5.74) is 1.42. The Bertz CT molecular complexity index is 1140. The number of amides is 1. The normalized spacial score (nSPS) is 11.0. The van der Waals surface area contributed by atoms with E-state index in [4.69, 9.17) is 9.15 Å². The van der Waals surface area contributed by atoms with E-state index in [2.05, 4.69) is 10.3 Å². The number of carbonyl (C=O) groups excluding carboxylic acids is 1. The van der Waals surface area contributed by atoms with Crippen molar-refractivity contribution in [1.29, 1.82) is 0 Å². The Kier molecular flexibility index (Phi) is 5.82. The fourth-order valence-electron chi connectivity index (χ4n) is 2.69. The zero-order chi connectivity index (χ0) is 20.2. The summed E-state index contributed by atoms with van der Waals surface area (Å²) in [5, 5.41) is 6.11. The SMILES string of the molecule is COc1ccc2oc(-c3csc(NC(=O)CCSc4ccc(F)cc4)n3)cc2c1. The fourth-order valence-corrected chi connectivity index (χ4v) is 4.26. The van der Waals surface area contributed by atoms with E-state index in [1.54, 1.807) is 19.2 Å². The van der Waals surface area contributed by atoms with Crippen LogP contribution in [0.25, 0.3) is 22.4 Å². The molecular formula is C21H17FN2O3S2. The molecular weight excluding hydrogens is 411 g/mol. The number of hydrogen-bond acceptors (Lipinski definition) is 6. The minimum Gasteiger partial charge on any atom is -0.497 e. The Hall–Kier alpha value is -2.84. The van der Waals surface area contributed by atoms with E-state index in [-0.39, 0.29) is 11.7 Å². The standard InChI is InChI=1S/C21H17FN2O3S2/c1-26-15-4-7-18-13(10-15)11-19(27-18)17-12-29-21(23-17)24-20(25)8-9-28-16-5-2-14(22)3-6-16/h2-7,10-12H,8-9H2,1H3,(H,23,24,25). The van der Waals surface area contributed by atoms with Gasteiger partial charge in [-0.25, -0.2) is 9.37 Å². The van der Waals surface area contributed by atoms with Crippen molar-refractivity contribution in [3.63, 3.8) is 0 Å². The number of thioether (sulfide) groups is 1. The first-order valence-electron chi connectivity index (χ1n) is 8.82. The average molecular weight is 429 g/mol. The summed E-state index contributed by atoms with van der Waals surface area (Å²) in [5.74, 6) is 1.61. The number of rotatable bonds is 7. The molecule has 148 valence electrons. The number of furan rings is 1. The monoisotopic (exact) mass is 428 g/mol. The Morgan fingerprint density at radius 3 is 2.86 bits per heavy atom. The van der Waals surface area contributed by atoms with Crippen LogP contribution in [-0.2, 0) is 4.79 Å². The third-order valence-electron chi connectivity index (χ3n) is 4.14. The largest absolute Gasteiger partial charge is 0.497 e. The number of fused-ring (bicyclic) bond motifs is 1. The average Bonchev–Trinajstić information content (AvgIpc) is 3.35. The van der Waals surface area contributed by atoms with Crippen LogP contribution < -0.4 is 10.1 Å². The molecule has 0 aliphatic rings. The van der Waals surface area contributed by atoms with E-state index in [0.717, 1.165) is 21.6 Å². The summed E-state index contributed by atoms with van der Waals surface area (Å²) in [7, 11) is 1.62. The van der Waals surface area contributed by atoms with Gasteiger partial charge >= 0.3 is 0 Å². The predicted molar refractivity (Wildman–Crippen MR) is 114 cm³/mol. The zero-order valence-electron chi connectivity index (χ0n) is 15.5. The van der Waals surface area contributed by atoms with Gasteiger partial charge in [-0.3, -0.25) is 4.79 Å². The van der Waals surface area contributed by atoms with Gasteiger partial charge in [-0.15, -0.1) is 23.1 Å². The van der Waals surface area contributed by atoms with Crippen molar-refractivity contribution in [2.24, 2.45) is 0 Å². The molecule has 8 heteroatoms. The molecule has 0 bridgehead atoms. The molecule has 0 unspecified atom stereocenters. The maximum Gasteiger partial charge on any atom is 0.226 e. The molecule has 0 saturated carbocycles. The van der Waals surface area contributed by atoms with E-state index in [9.17, 15) is 9.18 Å². The van der Waals surface area contributed by atoms with Gasteiger partial charge < -0.3 is 14.5 Å². The van der Waals surface area contributed by atoms with Crippen LogP contribution in [0.1, 0.15) is 6.42 Å². The van der Waals surface area contributed by atoms with Crippen LogP contribution in [-0.4, -0.2) is 23.8 Å². The molecule has 1 N–H and O–H groups in total. The predicted octanol–water partition coefficient (Wildman–Crippen LogP) is 5.82. The molecule has 29 heavy (non-hydrogen) atoms. The van der Waals surface area contributed by atoms with Crippen molar-refractivity contribution in [2.75, 3.05) is 18.2 Å². The molecule has 2 aromatic carbocycles. The van der Waals surface area contributed by atoms with Crippen molar-refractivity contribution < 1.29 is 18.3 Å². The number of ether oxygens (including phenoxy) is 1. The molecule has 1 amide bonds. The van der Waals surface area contributed by atoms with Gasteiger partial charge in [-0.1, -0.05) is 0 Å². The van der Waals surface area contributed by atoms with Crippen molar-refractivity contribution >= 4 is 45.1 Å². The second-order valence-electron chi connectivity index (χ2n) is 6.15. The lowest BCUT2D eigenvalue weighted by atomic mass is 10.2. The smallest absolute Gasteiger partial charge is 0.226 e. The number of anilines is 1. The second-order valence-corrected chi connectivity index (χ2v) is 8.18. The lowest BCUT2D eigenvalue weighted by Crippen LogP contribution is -2.11. The van der Waals surface area contributed by atoms with Crippen LogP contribution in [0.2, 0.25) is 0 Å². The number of nitrogens with one attached hydrogen (secondary N) is 1. The topological polar surface area (TPSA) is 64.4 Å². The second kappa shape index (κ2) is 8.67. The van der Waals surface area contributed by atoms with Gasteiger partial charge in [0.15, 0.2) is 10.9 Å². The number of aromatic nitrogens is 1. The van der Waals surface area contributed by atoms with E-state index in [0.29, 0.717) is 28.8 Å². The third-order valence-corrected chi connectivity index (χ3v) is 5.91. The molecule has 0 spiro atoms. The van der Waals surface area contributed by atoms with Crippen LogP contribution in [0.3, 0.4) is 0 Å². The molecule has 0 aliphatic heterocycles. The van der Waals surface area contributed by atoms with Gasteiger partial charge in [0, 0.05) is 27.8 Å². The lowest BCUT2D eigenvalue weighted by molar-refractivity contribution is -0.115. The molecule has 0 saturated heterocycles. The number of benzene rings is 2.